The van der Waals surface area contributed by atoms with E-state index in [1.165, 1.54) is 6.07 Å². The molecule has 0 aromatic heterocycles. The van der Waals surface area contributed by atoms with Crippen LogP contribution < -0.4 is 10.1 Å². The van der Waals surface area contributed by atoms with Crippen molar-refractivity contribution in [3.63, 3.8) is 0 Å². The van der Waals surface area contributed by atoms with Crippen LogP contribution in [0.3, 0.4) is 0 Å². The first-order valence-corrected chi connectivity index (χ1v) is 5.85. The molecule has 0 spiro atoms. The molecule has 0 aliphatic heterocycles. The molecule has 96 valence electrons. The Morgan fingerprint density at radius 1 is 1.35 bits per heavy atom. The summed E-state index contributed by atoms with van der Waals surface area (Å²) in [6, 6.07) is 4.94. The van der Waals surface area contributed by atoms with E-state index >= 15 is 0 Å². The lowest BCUT2D eigenvalue weighted by Gasteiger charge is -2.15. The van der Waals surface area contributed by atoms with Gasteiger partial charge in [-0.05, 0) is 38.5 Å². The van der Waals surface area contributed by atoms with E-state index in [0.717, 1.165) is 5.56 Å². The lowest BCUT2D eigenvalue weighted by atomic mass is 10.1. The third-order valence-electron chi connectivity index (χ3n) is 2.38. The molecule has 0 unspecified atom stereocenters. The number of halogens is 1. The van der Waals surface area contributed by atoms with Gasteiger partial charge in [-0.15, -0.1) is 0 Å². The van der Waals surface area contributed by atoms with E-state index in [0.29, 0.717) is 6.54 Å². The van der Waals surface area contributed by atoms with Gasteiger partial charge < -0.3 is 15.2 Å². The summed E-state index contributed by atoms with van der Waals surface area (Å²) in [6.45, 7) is 6.21. The molecule has 3 nitrogen and oxygen atoms in total. The Morgan fingerprint density at radius 2 is 2.06 bits per heavy atom. The van der Waals surface area contributed by atoms with Crippen LogP contribution in [-0.2, 0) is 0 Å². The van der Waals surface area contributed by atoms with Gasteiger partial charge in [0.25, 0.3) is 0 Å². The summed E-state index contributed by atoms with van der Waals surface area (Å²) in [6.07, 6.45) is -0.0414. The maximum absolute atomic E-state index is 13.7. The second kappa shape index (κ2) is 6.57. The topological polar surface area (TPSA) is 41.5 Å². The monoisotopic (exact) mass is 241 g/mol. The standard InChI is InChI=1S/C13H20FNO2/c1-9(2)17-13-5-4-11(8-12(13)14)10(3)15-6-7-16/h4-5,8-10,15-16H,6-7H2,1-3H3/t10-/m1/s1. The Bertz CT molecular complexity index is 355. The van der Waals surface area contributed by atoms with E-state index < -0.39 is 0 Å². The third-order valence-corrected chi connectivity index (χ3v) is 2.38. The molecule has 1 atom stereocenters. The van der Waals surface area contributed by atoms with Gasteiger partial charge in [-0.25, -0.2) is 4.39 Å². The maximum Gasteiger partial charge on any atom is 0.165 e. The molecule has 0 saturated carbocycles. The van der Waals surface area contributed by atoms with Crippen LogP contribution in [0.2, 0.25) is 0 Å². The molecule has 4 heteroatoms. The highest BCUT2D eigenvalue weighted by molar-refractivity contribution is 5.31. The second-order valence-electron chi connectivity index (χ2n) is 4.26. The molecule has 2 N–H and O–H groups in total. The van der Waals surface area contributed by atoms with E-state index in [1.807, 2.05) is 26.8 Å². The first kappa shape index (κ1) is 13.9. The van der Waals surface area contributed by atoms with Crippen LogP contribution in [0.1, 0.15) is 32.4 Å². The molecule has 0 bridgehead atoms. The molecule has 1 rings (SSSR count). The van der Waals surface area contributed by atoms with Crippen molar-refractivity contribution >= 4 is 0 Å². The van der Waals surface area contributed by atoms with Crippen LogP contribution in [-0.4, -0.2) is 24.4 Å². The molecule has 0 saturated heterocycles. The fraction of sp³-hybridized carbons (Fsp3) is 0.538. The van der Waals surface area contributed by atoms with Gasteiger partial charge in [-0.2, -0.15) is 0 Å². The Hall–Kier alpha value is -1.13. The van der Waals surface area contributed by atoms with Crippen molar-refractivity contribution in [2.24, 2.45) is 0 Å². The maximum atomic E-state index is 13.7. The number of hydrogen-bond donors (Lipinski definition) is 2. The minimum atomic E-state index is -0.353. The summed E-state index contributed by atoms with van der Waals surface area (Å²) in [7, 11) is 0. The van der Waals surface area contributed by atoms with Crippen molar-refractivity contribution in [1.29, 1.82) is 0 Å². The quantitative estimate of drug-likeness (QED) is 0.802. The fourth-order valence-electron chi connectivity index (χ4n) is 1.53. The Labute approximate surface area is 102 Å². The fourth-order valence-corrected chi connectivity index (χ4v) is 1.53. The highest BCUT2D eigenvalue weighted by Gasteiger charge is 2.10. The molecular weight excluding hydrogens is 221 g/mol. The van der Waals surface area contributed by atoms with Crippen LogP contribution in [0.25, 0.3) is 0 Å². The van der Waals surface area contributed by atoms with Crippen molar-refractivity contribution in [1.82, 2.24) is 5.32 Å². The lowest BCUT2D eigenvalue weighted by Crippen LogP contribution is -2.22. The highest BCUT2D eigenvalue weighted by Crippen LogP contribution is 2.22. The summed E-state index contributed by atoms with van der Waals surface area (Å²) in [4.78, 5) is 0. The van der Waals surface area contributed by atoms with Crippen molar-refractivity contribution in [3.05, 3.63) is 29.6 Å². The number of aliphatic hydroxyl groups excluding tert-OH is 1. The SMILES string of the molecule is CC(C)Oc1ccc([C@@H](C)NCCO)cc1F. The molecule has 0 radical (unpaired) electrons. The number of ether oxygens (including phenoxy) is 1. The van der Waals surface area contributed by atoms with Gasteiger partial charge >= 0.3 is 0 Å². The molecule has 0 heterocycles. The smallest absolute Gasteiger partial charge is 0.165 e. The second-order valence-corrected chi connectivity index (χ2v) is 4.26. The molecule has 0 aliphatic rings. The molecule has 1 aromatic rings. The molecular formula is C13H20FNO2. The number of nitrogens with one attached hydrogen (secondary N) is 1. The van der Waals surface area contributed by atoms with Gasteiger partial charge in [0, 0.05) is 12.6 Å². The predicted molar refractivity (Wildman–Crippen MR) is 65.7 cm³/mol. The van der Waals surface area contributed by atoms with Gasteiger partial charge in [-0.3, -0.25) is 0 Å². The molecule has 17 heavy (non-hydrogen) atoms. The lowest BCUT2D eigenvalue weighted by molar-refractivity contribution is 0.231. The van der Waals surface area contributed by atoms with Crippen LogP contribution in [0.15, 0.2) is 18.2 Å². The van der Waals surface area contributed by atoms with Gasteiger partial charge in [0.05, 0.1) is 12.7 Å². The van der Waals surface area contributed by atoms with E-state index in [1.54, 1.807) is 6.07 Å². The van der Waals surface area contributed by atoms with Gasteiger partial charge in [0.15, 0.2) is 11.6 Å². The minimum Gasteiger partial charge on any atom is -0.488 e. The first-order valence-electron chi connectivity index (χ1n) is 5.85. The summed E-state index contributed by atoms with van der Waals surface area (Å²) in [5.41, 5.74) is 0.840. The van der Waals surface area contributed by atoms with E-state index in [2.05, 4.69) is 5.32 Å². The Balaban J connectivity index is 2.73. The summed E-state index contributed by atoms with van der Waals surface area (Å²) < 4.78 is 19.0. The summed E-state index contributed by atoms with van der Waals surface area (Å²) >= 11 is 0. The van der Waals surface area contributed by atoms with E-state index in [9.17, 15) is 4.39 Å². The van der Waals surface area contributed by atoms with Crippen LogP contribution in [0.4, 0.5) is 4.39 Å². The normalized spacial score (nSPS) is 12.8. The molecule has 1 aromatic carbocycles. The van der Waals surface area contributed by atoms with Crippen LogP contribution >= 0.6 is 0 Å². The van der Waals surface area contributed by atoms with Gasteiger partial charge in [0.2, 0.25) is 0 Å². The zero-order valence-corrected chi connectivity index (χ0v) is 10.5. The molecule has 0 fully saturated rings. The van der Waals surface area contributed by atoms with Crippen molar-refractivity contribution in [2.75, 3.05) is 13.2 Å². The Kier molecular flexibility index (Phi) is 5.38. The minimum absolute atomic E-state index is 0.00440. The number of rotatable bonds is 6. The van der Waals surface area contributed by atoms with Gasteiger partial charge in [-0.1, -0.05) is 6.07 Å². The third kappa shape index (κ3) is 4.32. The molecule has 0 aliphatic carbocycles. The molecule has 0 amide bonds. The first-order chi connectivity index (χ1) is 8.04. The van der Waals surface area contributed by atoms with Crippen LogP contribution in [0.5, 0.6) is 5.75 Å². The van der Waals surface area contributed by atoms with Crippen molar-refractivity contribution < 1.29 is 14.2 Å². The van der Waals surface area contributed by atoms with Crippen molar-refractivity contribution in [3.8, 4) is 5.75 Å². The van der Waals surface area contributed by atoms with Crippen molar-refractivity contribution in [2.45, 2.75) is 32.9 Å². The predicted octanol–water partition coefficient (Wildman–Crippen LogP) is 2.26. The average Bonchev–Trinajstić information content (AvgIpc) is 2.28. The zero-order chi connectivity index (χ0) is 12.8. The highest BCUT2D eigenvalue weighted by atomic mass is 19.1. The number of hydrogen-bond acceptors (Lipinski definition) is 3. The number of aliphatic hydroxyl groups is 1. The summed E-state index contributed by atoms with van der Waals surface area (Å²) in [5.74, 6) is -0.0769. The van der Waals surface area contributed by atoms with E-state index in [4.69, 9.17) is 9.84 Å². The van der Waals surface area contributed by atoms with Crippen LogP contribution in [0, 0.1) is 5.82 Å². The van der Waals surface area contributed by atoms with Gasteiger partial charge in [0.1, 0.15) is 0 Å². The Morgan fingerprint density at radius 3 is 2.59 bits per heavy atom. The largest absolute Gasteiger partial charge is 0.488 e. The van der Waals surface area contributed by atoms with E-state index in [-0.39, 0.29) is 30.3 Å². The zero-order valence-electron chi connectivity index (χ0n) is 10.5. The summed E-state index contributed by atoms with van der Waals surface area (Å²) in [5, 5.41) is 11.8. The average molecular weight is 241 g/mol. The number of benzene rings is 1.